The van der Waals surface area contributed by atoms with Crippen LogP contribution in [0.4, 0.5) is 0 Å². The third-order valence-corrected chi connectivity index (χ3v) is 4.05. The summed E-state index contributed by atoms with van der Waals surface area (Å²) in [5.41, 5.74) is 0.933. The summed E-state index contributed by atoms with van der Waals surface area (Å²) in [6, 6.07) is 6.82. The monoisotopic (exact) mass is 325 g/mol. The predicted octanol–water partition coefficient (Wildman–Crippen LogP) is 1.82. The summed E-state index contributed by atoms with van der Waals surface area (Å²) >= 11 is 0. The van der Waals surface area contributed by atoms with Gasteiger partial charge in [-0.3, -0.25) is 18.7 Å². The zero-order valence-electron chi connectivity index (χ0n) is 12.4. The lowest BCUT2D eigenvalue weighted by Gasteiger charge is -2.13. The molecule has 0 saturated heterocycles. The summed E-state index contributed by atoms with van der Waals surface area (Å²) in [6.45, 7) is 0.561. The summed E-state index contributed by atoms with van der Waals surface area (Å²) < 4.78 is 26.2. The Morgan fingerprint density at radius 3 is 2.05 bits per heavy atom. The molecule has 6 nitrogen and oxygen atoms in total. The van der Waals surface area contributed by atoms with Crippen molar-refractivity contribution >= 4 is 21.9 Å². The van der Waals surface area contributed by atoms with Gasteiger partial charge in [0.2, 0.25) is 0 Å². The molecule has 0 aliphatic carbocycles. The van der Waals surface area contributed by atoms with E-state index in [0.717, 1.165) is 19.1 Å². The molecule has 0 spiro atoms. The fraction of sp³-hybridized carbons (Fsp3) is 0.467. The van der Waals surface area contributed by atoms with E-state index in [0.29, 0.717) is 30.5 Å². The van der Waals surface area contributed by atoms with E-state index in [1.165, 1.54) is 4.90 Å². The van der Waals surface area contributed by atoms with Crippen LogP contribution >= 0.6 is 0 Å². The Kier molecular flexibility index (Phi) is 5.31. The Hall–Kier alpha value is -1.73. The second-order valence-corrected chi connectivity index (χ2v) is 6.89. The molecule has 1 heterocycles. The van der Waals surface area contributed by atoms with Gasteiger partial charge in [-0.05, 0) is 25.0 Å². The van der Waals surface area contributed by atoms with Crippen LogP contribution in [0, 0.1) is 0 Å². The van der Waals surface area contributed by atoms with Crippen LogP contribution in [0.1, 0.15) is 46.4 Å². The van der Waals surface area contributed by atoms with Crippen molar-refractivity contribution in [1.82, 2.24) is 4.90 Å². The van der Waals surface area contributed by atoms with Crippen molar-refractivity contribution in [3.63, 3.8) is 0 Å². The van der Waals surface area contributed by atoms with Gasteiger partial charge in [-0.25, -0.2) is 0 Å². The maximum atomic E-state index is 12.1. The van der Waals surface area contributed by atoms with Gasteiger partial charge in [0, 0.05) is 6.54 Å². The van der Waals surface area contributed by atoms with Gasteiger partial charge in [0.1, 0.15) is 0 Å². The number of hydrogen-bond acceptors (Lipinski definition) is 5. The van der Waals surface area contributed by atoms with Crippen LogP contribution in [0.15, 0.2) is 24.3 Å². The normalized spacial score (nSPS) is 14.5. The van der Waals surface area contributed by atoms with Crippen LogP contribution in [0.25, 0.3) is 0 Å². The number of amides is 2. The van der Waals surface area contributed by atoms with Crippen molar-refractivity contribution in [1.29, 1.82) is 0 Å². The Morgan fingerprint density at radius 2 is 1.50 bits per heavy atom. The number of unbranched alkanes of at least 4 members (excludes halogenated alkanes) is 3. The summed E-state index contributed by atoms with van der Waals surface area (Å²) in [6.07, 6.45) is 3.95. The number of rotatable bonds is 8. The molecule has 0 atom stereocenters. The smallest absolute Gasteiger partial charge is 0.264 e. The van der Waals surface area contributed by atoms with E-state index in [1.807, 2.05) is 0 Å². The molecule has 0 aromatic heterocycles. The lowest BCUT2D eigenvalue weighted by molar-refractivity contribution is 0.0651. The second kappa shape index (κ2) is 7.02. The molecular weight excluding hydrogens is 306 g/mol. The molecular formula is C15H19NO5S. The zero-order chi connectivity index (χ0) is 16.2. The molecule has 2 rings (SSSR count). The van der Waals surface area contributed by atoms with Crippen LogP contribution in [0.2, 0.25) is 0 Å². The SMILES string of the molecule is CS(=O)(=O)OCCCCCCN1C(=O)c2ccccc2C1=O. The predicted molar refractivity (Wildman–Crippen MR) is 81.1 cm³/mol. The number of nitrogens with zero attached hydrogens (tertiary/aromatic N) is 1. The molecule has 22 heavy (non-hydrogen) atoms. The number of carbonyl (C=O) groups excluding carboxylic acids is 2. The van der Waals surface area contributed by atoms with E-state index in [4.69, 9.17) is 0 Å². The van der Waals surface area contributed by atoms with Crippen molar-refractivity contribution in [3.05, 3.63) is 35.4 Å². The quantitative estimate of drug-likeness (QED) is 0.414. The van der Waals surface area contributed by atoms with Crippen LogP contribution in [0.3, 0.4) is 0 Å². The van der Waals surface area contributed by atoms with Gasteiger partial charge in [0.15, 0.2) is 0 Å². The van der Waals surface area contributed by atoms with E-state index in [9.17, 15) is 18.0 Å². The van der Waals surface area contributed by atoms with Crippen LogP contribution in [-0.2, 0) is 14.3 Å². The van der Waals surface area contributed by atoms with Gasteiger partial charge < -0.3 is 0 Å². The largest absolute Gasteiger partial charge is 0.274 e. The molecule has 1 aliphatic heterocycles. The molecule has 0 saturated carbocycles. The van der Waals surface area contributed by atoms with Crippen LogP contribution < -0.4 is 0 Å². The van der Waals surface area contributed by atoms with E-state index in [2.05, 4.69) is 4.18 Å². The van der Waals surface area contributed by atoms with E-state index >= 15 is 0 Å². The first-order valence-corrected chi connectivity index (χ1v) is 9.01. The molecule has 2 amide bonds. The third-order valence-electron chi connectivity index (χ3n) is 3.45. The highest BCUT2D eigenvalue weighted by Gasteiger charge is 2.34. The minimum Gasteiger partial charge on any atom is -0.274 e. The maximum absolute atomic E-state index is 12.1. The average molecular weight is 325 g/mol. The van der Waals surface area contributed by atoms with Crippen LogP contribution in [-0.4, -0.2) is 44.5 Å². The number of carbonyl (C=O) groups is 2. The van der Waals surface area contributed by atoms with Gasteiger partial charge in [-0.2, -0.15) is 8.42 Å². The van der Waals surface area contributed by atoms with Gasteiger partial charge in [0.05, 0.1) is 24.0 Å². The van der Waals surface area contributed by atoms with Crippen molar-refractivity contribution in [2.75, 3.05) is 19.4 Å². The highest BCUT2D eigenvalue weighted by molar-refractivity contribution is 7.85. The van der Waals surface area contributed by atoms with Gasteiger partial charge in [-0.15, -0.1) is 0 Å². The van der Waals surface area contributed by atoms with Gasteiger partial charge in [0.25, 0.3) is 21.9 Å². The van der Waals surface area contributed by atoms with E-state index < -0.39 is 10.1 Å². The number of benzene rings is 1. The van der Waals surface area contributed by atoms with Crippen molar-refractivity contribution in [2.45, 2.75) is 25.7 Å². The standard InChI is InChI=1S/C15H19NO5S/c1-22(19,20)21-11-7-3-2-6-10-16-14(17)12-8-4-5-9-13(12)15(16)18/h4-5,8-9H,2-3,6-7,10-11H2,1H3. The van der Waals surface area contributed by atoms with Crippen LogP contribution in [0.5, 0.6) is 0 Å². The Balaban J connectivity index is 1.71. The van der Waals surface area contributed by atoms with Crippen molar-refractivity contribution < 1.29 is 22.2 Å². The molecule has 0 N–H and O–H groups in total. The number of fused-ring (bicyclic) bond motifs is 1. The average Bonchev–Trinajstić information content (AvgIpc) is 2.70. The molecule has 1 aromatic rings. The fourth-order valence-corrected chi connectivity index (χ4v) is 2.80. The van der Waals surface area contributed by atoms with Crippen molar-refractivity contribution in [3.8, 4) is 0 Å². The van der Waals surface area contributed by atoms with Gasteiger partial charge in [-0.1, -0.05) is 25.0 Å². The fourth-order valence-electron chi connectivity index (χ4n) is 2.38. The lowest BCUT2D eigenvalue weighted by atomic mass is 10.1. The minimum atomic E-state index is -3.37. The van der Waals surface area contributed by atoms with Crippen molar-refractivity contribution in [2.24, 2.45) is 0 Å². The first-order valence-electron chi connectivity index (χ1n) is 7.20. The second-order valence-electron chi connectivity index (χ2n) is 5.25. The molecule has 0 radical (unpaired) electrons. The zero-order valence-corrected chi connectivity index (χ0v) is 13.3. The summed E-state index contributed by atoms with van der Waals surface area (Å²) in [7, 11) is -3.37. The molecule has 1 aliphatic rings. The Labute approximate surface area is 130 Å². The molecule has 7 heteroatoms. The topological polar surface area (TPSA) is 80.8 Å². The molecule has 120 valence electrons. The summed E-state index contributed by atoms with van der Waals surface area (Å²) in [5, 5.41) is 0. The maximum Gasteiger partial charge on any atom is 0.264 e. The minimum absolute atomic E-state index is 0.172. The highest BCUT2D eigenvalue weighted by Crippen LogP contribution is 2.22. The third kappa shape index (κ3) is 4.14. The molecule has 1 aromatic carbocycles. The summed E-state index contributed by atoms with van der Waals surface area (Å²) in [4.78, 5) is 25.5. The molecule has 0 unspecified atom stereocenters. The number of imide groups is 1. The van der Waals surface area contributed by atoms with E-state index in [1.54, 1.807) is 24.3 Å². The lowest BCUT2D eigenvalue weighted by Crippen LogP contribution is -2.30. The first-order chi connectivity index (χ1) is 10.4. The Morgan fingerprint density at radius 1 is 0.955 bits per heavy atom. The molecule has 0 bridgehead atoms. The van der Waals surface area contributed by atoms with Gasteiger partial charge >= 0.3 is 0 Å². The Bertz CT molecular complexity index is 633. The first kappa shape index (κ1) is 16.6. The molecule has 0 fully saturated rings. The highest BCUT2D eigenvalue weighted by atomic mass is 32.2. The summed E-state index contributed by atoms with van der Waals surface area (Å²) in [5.74, 6) is -0.470. The van der Waals surface area contributed by atoms with E-state index in [-0.39, 0.29) is 18.4 Å². The number of hydrogen-bond donors (Lipinski definition) is 0.